The molecule has 0 aliphatic rings. The van der Waals surface area contributed by atoms with E-state index >= 15 is 0 Å². The molecule has 82 valence electrons. The van der Waals surface area contributed by atoms with Crippen molar-refractivity contribution in [1.29, 1.82) is 0 Å². The van der Waals surface area contributed by atoms with E-state index < -0.39 is 0 Å². The fourth-order valence-corrected chi connectivity index (χ4v) is 2.09. The number of hydrogen-bond donors (Lipinski definition) is 0. The minimum absolute atomic E-state index is 1.17. The van der Waals surface area contributed by atoms with Crippen molar-refractivity contribution in [2.75, 3.05) is 0 Å². The van der Waals surface area contributed by atoms with Crippen molar-refractivity contribution < 1.29 is 0 Å². The highest BCUT2D eigenvalue weighted by Crippen LogP contribution is 2.20. The summed E-state index contributed by atoms with van der Waals surface area (Å²) in [6.45, 7) is 2.08. The van der Waals surface area contributed by atoms with E-state index in [1.54, 1.807) is 0 Å². The topological polar surface area (TPSA) is 0 Å². The van der Waals surface area contributed by atoms with Crippen molar-refractivity contribution >= 4 is 10.8 Å². The minimum atomic E-state index is 1.17. The molecule has 0 aliphatic heterocycles. The van der Waals surface area contributed by atoms with Crippen LogP contribution in [-0.4, -0.2) is 0 Å². The number of aryl methyl sites for hydroxylation is 1. The fraction of sp³-hybridized carbons (Fsp3) is 0.250. The molecule has 16 heavy (non-hydrogen) atoms. The Balaban J connectivity index is 2.17. The first-order valence-electron chi connectivity index (χ1n) is 5.99. The van der Waals surface area contributed by atoms with E-state index in [0.29, 0.717) is 0 Å². The van der Waals surface area contributed by atoms with Gasteiger partial charge in [0, 0.05) is 0 Å². The molecular weight excluding hydrogens is 192 g/mol. The van der Waals surface area contributed by atoms with Crippen LogP contribution in [0.1, 0.15) is 25.3 Å². The standard InChI is InChI=1S/C16H18/c1-2-3-4-5-9-14-11-8-12-15-10-6-7-13-16(14)15/h2-3,6-8,10-13H,4-5,9H2,1H3/b3-2+. The van der Waals surface area contributed by atoms with E-state index in [2.05, 4.69) is 61.5 Å². The van der Waals surface area contributed by atoms with Gasteiger partial charge in [-0.15, -0.1) is 0 Å². The molecule has 0 nitrogen and oxygen atoms in total. The van der Waals surface area contributed by atoms with Crippen LogP contribution < -0.4 is 0 Å². The molecule has 0 saturated heterocycles. The predicted molar refractivity (Wildman–Crippen MR) is 71.7 cm³/mol. The first-order valence-corrected chi connectivity index (χ1v) is 5.99. The number of hydrogen-bond acceptors (Lipinski definition) is 0. The molecule has 0 N–H and O–H groups in total. The summed E-state index contributed by atoms with van der Waals surface area (Å²) in [6.07, 6.45) is 7.96. The lowest BCUT2D eigenvalue weighted by Crippen LogP contribution is -1.86. The second-order valence-corrected chi connectivity index (χ2v) is 4.10. The van der Waals surface area contributed by atoms with Gasteiger partial charge in [-0.25, -0.2) is 0 Å². The van der Waals surface area contributed by atoms with Gasteiger partial charge >= 0.3 is 0 Å². The smallest absolute Gasteiger partial charge is 0.0152 e. The number of unbranched alkanes of at least 4 members (excludes halogenated alkanes) is 1. The Hall–Kier alpha value is -1.56. The summed E-state index contributed by atoms with van der Waals surface area (Å²) < 4.78 is 0. The highest BCUT2D eigenvalue weighted by molar-refractivity contribution is 5.85. The lowest BCUT2D eigenvalue weighted by molar-refractivity contribution is 0.847. The molecule has 2 rings (SSSR count). The molecule has 0 saturated carbocycles. The normalized spacial score (nSPS) is 11.3. The van der Waals surface area contributed by atoms with Crippen LogP contribution in [0, 0.1) is 0 Å². The first-order chi connectivity index (χ1) is 7.92. The maximum atomic E-state index is 2.25. The molecule has 0 heterocycles. The molecule has 0 unspecified atom stereocenters. The van der Waals surface area contributed by atoms with Crippen molar-refractivity contribution in [3.63, 3.8) is 0 Å². The summed E-state index contributed by atoms with van der Waals surface area (Å²) in [5, 5.41) is 2.76. The van der Waals surface area contributed by atoms with Crippen molar-refractivity contribution in [3.05, 3.63) is 60.2 Å². The van der Waals surface area contributed by atoms with Crippen LogP contribution >= 0.6 is 0 Å². The van der Waals surface area contributed by atoms with Crippen LogP contribution in [0.3, 0.4) is 0 Å². The molecule has 2 aromatic carbocycles. The third-order valence-electron chi connectivity index (χ3n) is 2.93. The Morgan fingerprint density at radius 2 is 1.81 bits per heavy atom. The SMILES string of the molecule is C/C=C/CCCc1cccc2ccccc12. The Labute approximate surface area is 97.6 Å². The molecule has 2 aromatic rings. The molecule has 0 aromatic heterocycles. The van der Waals surface area contributed by atoms with Crippen LogP contribution in [0.4, 0.5) is 0 Å². The largest absolute Gasteiger partial charge is 0.0917 e. The molecule has 0 amide bonds. The summed E-state index contributed by atoms with van der Waals surface area (Å²) in [7, 11) is 0. The lowest BCUT2D eigenvalue weighted by Gasteiger charge is -2.05. The van der Waals surface area contributed by atoms with Crippen LogP contribution in [0.2, 0.25) is 0 Å². The van der Waals surface area contributed by atoms with E-state index in [1.807, 2.05) is 0 Å². The average molecular weight is 210 g/mol. The lowest BCUT2D eigenvalue weighted by atomic mass is 10.0. The fourth-order valence-electron chi connectivity index (χ4n) is 2.09. The zero-order valence-corrected chi connectivity index (χ0v) is 9.82. The molecule has 0 spiro atoms. The van der Waals surface area contributed by atoms with Gasteiger partial charge in [-0.05, 0) is 42.5 Å². The van der Waals surface area contributed by atoms with E-state index in [0.717, 1.165) is 0 Å². The summed E-state index contributed by atoms with van der Waals surface area (Å²) in [5.41, 5.74) is 1.47. The van der Waals surface area contributed by atoms with Gasteiger partial charge in [0.15, 0.2) is 0 Å². The Bertz CT molecular complexity index is 475. The molecular formula is C16H18. The monoisotopic (exact) mass is 210 g/mol. The number of rotatable bonds is 4. The Kier molecular flexibility index (Phi) is 3.76. The second kappa shape index (κ2) is 5.50. The Morgan fingerprint density at radius 3 is 2.69 bits per heavy atom. The predicted octanol–water partition coefficient (Wildman–Crippen LogP) is 4.74. The quantitative estimate of drug-likeness (QED) is 0.505. The second-order valence-electron chi connectivity index (χ2n) is 4.10. The van der Waals surface area contributed by atoms with Gasteiger partial charge < -0.3 is 0 Å². The zero-order chi connectivity index (χ0) is 11.2. The molecule has 0 atom stereocenters. The molecule has 0 heteroatoms. The van der Waals surface area contributed by atoms with Crippen molar-refractivity contribution in [2.24, 2.45) is 0 Å². The van der Waals surface area contributed by atoms with Crippen LogP contribution in [0.25, 0.3) is 10.8 Å². The highest BCUT2D eigenvalue weighted by atomic mass is 14.0. The van der Waals surface area contributed by atoms with E-state index in [4.69, 9.17) is 0 Å². The molecule has 0 aliphatic carbocycles. The summed E-state index contributed by atoms with van der Waals surface area (Å²) >= 11 is 0. The maximum Gasteiger partial charge on any atom is -0.0152 e. The van der Waals surface area contributed by atoms with Crippen LogP contribution in [0.15, 0.2) is 54.6 Å². The van der Waals surface area contributed by atoms with Crippen molar-refractivity contribution in [1.82, 2.24) is 0 Å². The van der Waals surface area contributed by atoms with Crippen LogP contribution in [-0.2, 0) is 6.42 Å². The molecule has 0 fully saturated rings. The van der Waals surface area contributed by atoms with E-state index in [-0.39, 0.29) is 0 Å². The minimum Gasteiger partial charge on any atom is -0.0917 e. The number of fused-ring (bicyclic) bond motifs is 1. The maximum absolute atomic E-state index is 2.25. The number of benzene rings is 2. The van der Waals surface area contributed by atoms with Gasteiger partial charge in [-0.1, -0.05) is 54.6 Å². The summed E-state index contributed by atoms with van der Waals surface area (Å²) in [5.74, 6) is 0. The third-order valence-corrected chi connectivity index (χ3v) is 2.93. The first kappa shape index (κ1) is 10.9. The molecule has 0 radical (unpaired) electrons. The van der Waals surface area contributed by atoms with E-state index in [9.17, 15) is 0 Å². The number of allylic oxidation sites excluding steroid dienone is 2. The van der Waals surface area contributed by atoms with Crippen molar-refractivity contribution in [3.8, 4) is 0 Å². The van der Waals surface area contributed by atoms with Crippen LogP contribution in [0.5, 0.6) is 0 Å². The van der Waals surface area contributed by atoms with Gasteiger partial charge in [0.05, 0.1) is 0 Å². The zero-order valence-electron chi connectivity index (χ0n) is 9.82. The Morgan fingerprint density at radius 1 is 1.00 bits per heavy atom. The van der Waals surface area contributed by atoms with Gasteiger partial charge in [0.1, 0.15) is 0 Å². The summed E-state index contributed by atoms with van der Waals surface area (Å²) in [4.78, 5) is 0. The van der Waals surface area contributed by atoms with Crippen molar-refractivity contribution in [2.45, 2.75) is 26.2 Å². The summed E-state index contributed by atoms with van der Waals surface area (Å²) in [6, 6.07) is 15.2. The van der Waals surface area contributed by atoms with E-state index in [1.165, 1.54) is 35.6 Å². The van der Waals surface area contributed by atoms with Gasteiger partial charge in [-0.3, -0.25) is 0 Å². The van der Waals surface area contributed by atoms with Gasteiger partial charge in [-0.2, -0.15) is 0 Å². The highest BCUT2D eigenvalue weighted by Gasteiger charge is 1.98. The third kappa shape index (κ3) is 2.52. The van der Waals surface area contributed by atoms with Gasteiger partial charge in [0.2, 0.25) is 0 Å². The molecule has 0 bridgehead atoms. The van der Waals surface area contributed by atoms with Gasteiger partial charge in [0.25, 0.3) is 0 Å². The average Bonchev–Trinajstić information content (AvgIpc) is 2.35.